The van der Waals surface area contributed by atoms with Crippen LogP contribution in [0.15, 0.2) is 42.6 Å². The van der Waals surface area contributed by atoms with Crippen molar-refractivity contribution in [3.8, 4) is 11.5 Å². The first-order chi connectivity index (χ1) is 9.83. The second-order valence-electron chi connectivity index (χ2n) is 4.40. The molecule has 20 heavy (non-hydrogen) atoms. The second-order valence-corrected chi connectivity index (χ2v) is 4.40. The Kier molecular flexibility index (Phi) is 5.24. The smallest absolute Gasteiger partial charge is 0.161 e. The molecule has 1 N–H and O–H groups in total. The third-order valence-electron chi connectivity index (χ3n) is 2.83. The lowest BCUT2D eigenvalue weighted by molar-refractivity contribution is 0.294. The fourth-order valence-corrected chi connectivity index (χ4v) is 1.81. The molecule has 4 heteroatoms. The highest BCUT2D eigenvalue weighted by atomic mass is 16.5. The molecule has 106 valence electrons. The zero-order valence-electron chi connectivity index (χ0n) is 11.9. The van der Waals surface area contributed by atoms with E-state index in [0.29, 0.717) is 13.2 Å². The number of pyridine rings is 1. The molecule has 0 unspecified atom stereocenters. The van der Waals surface area contributed by atoms with Crippen molar-refractivity contribution in [3.63, 3.8) is 0 Å². The Morgan fingerprint density at radius 1 is 1.15 bits per heavy atom. The van der Waals surface area contributed by atoms with Crippen LogP contribution in [0.4, 0.5) is 5.82 Å². The number of nitrogens with one attached hydrogen (secondary N) is 1. The second kappa shape index (κ2) is 7.38. The van der Waals surface area contributed by atoms with Crippen molar-refractivity contribution < 1.29 is 9.47 Å². The van der Waals surface area contributed by atoms with Crippen molar-refractivity contribution in [1.82, 2.24) is 4.98 Å². The highest BCUT2D eigenvalue weighted by Gasteiger charge is 2.05. The molecule has 0 amide bonds. The van der Waals surface area contributed by atoms with Gasteiger partial charge in [-0.05, 0) is 36.2 Å². The van der Waals surface area contributed by atoms with Gasteiger partial charge >= 0.3 is 0 Å². The largest absolute Gasteiger partial charge is 0.493 e. The van der Waals surface area contributed by atoms with Crippen molar-refractivity contribution >= 4 is 5.82 Å². The monoisotopic (exact) mass is 272 g/mol. The van der Waals surface area contributed by atoms with Gasteiger partial charge in [-0.3, -0.25) is 0 Å². The molecule has 2 rings (SSSR count). The zero-order chi connectivity index (χ0) is 14.2. The Morgan fingerprint density at radius 3 is 2.75 bits per heavy atom. The Balaban J connectivity index is 2.02. The van der Waals surface area contributed by atoms with E-state index in [0.717, 1.165) is 29.3 Å². The number of nitrogens with zero attached hydrogens (tertiary/aromatic N) is 1. The first kappa shape index (κ1) is 14.2. The molecule has 0 aliphatic carbocycles. The summed E-state index contributed by atoms with van der Waals surface area (Å²) in [4.78, 5) is 4.23. The average molecular weight is 272 g/mol. The average Bonchev–Trinajstić information content (AvgIpc) is 2.52. The number of ether oxygens (including phenoxy) is 2. The summed E-state index contributed by atoms with van der Waals surface area (Å²) in [6, 6.07) is 11.8. The van der Waals surface area contributed by atoms with E-state index < -0.39 is 0 Å². The molecule has 0 aliphatic rings. The predicted molar refractivity (Wildman–Crippen MR) is 80.3 cm³/mol. The van der Waals surface area contributed by atoms with Crippen molar-refractivity contribution in [2.24, 2.45) is 0 Å². The molecule has 0 radical (unpaired) electrons. The number of benzene rings is 1. The van der Waals surface area contributed by atoms with Gasteiger partial charge < -0.3 is 14.8 Å². The van der Waals surface area contributed by atoms with Crippen molar-refractivity contribution in [2.45, 2.75) is 19.9 Å². The number of aromatic nitrogens is 1. The predicted octanol–water partition coefficient (Wildman–Crippen LogP) is 3.49. The van der Waals surface area contributed by atoms with E-state index in [1.165, 1.54) is 0 Å². The van der Waals surface area contributed by atoms with Gasteiger partial charge in [0.1, 0.15) is 5.82 Å². The normalized spacial score (nSPS) is 10.1. The lowest BCUT2D eigenvalue weighted by atomic mass is 10.2. The standard InChI is InChI=1S/C16H20N2O2/c1-3-10-20-14-8-7-13(11-15(14)19-2)12-18-16-6-4-5-9-17-16/h4-9,11H,3,10,12H2,1-2H3,(H,17,18). The van der Waals surface area contributed by atoms with Crippen LogP contribution in [0.3, 0.4) is 0 Å². The molecule has 0 bridgehead atoms. The molecule has 4 nitrogen and oxygen atoms in total. The number of hydrogen-bond acceptors (Lipinski definition) is 4. The van der Waals surface area contributed by atoms with Crippen LogP contribution < -0.4 is 14.8 Å². The van der Waals surface area contributed by atoms with Crippen LogP contribution >= 0.6 is 0 Å². The minimum Gasteiger partial charge on any atom is -0.493 e. The van der Waals surface area contributed by atoms with E-state index in [9.17, 15) is 0 Å². The molecule has 0 saturated carbocycles. The number of anilines is 1. The molecule has 1 aromatic heterocycles. The van der Waals surface area contributed by atoms with E-state index >= 15 is 0 Å². The van der Waals surface area contributed by atoms with Crippen LogP contribution in [-0.4, -0.2) is 18.7 Å². The van der Waals surface area contributed by atoms with Crippen LogP contribution in [0.1, 0.15) is 18.9 Å². The topological polar surface area (TPSA) is 43.4 Å². The van der Waals surface area contributed by atoms with Crippen LogP contribution in [0.5, 0.6) is 11.5 Å². The summed E-state index contributed by atoms with van der Waals surface area (Å²) in [5.41, 5.74) is 1.12. The molecule has 0 spiro atoms. The minimum atomic E-state index is 0.696. The van der Waals surface area contributed by atoms with E-state index in [4.69, 9.17) is 9.47 Å². The first-order valence-corrected chi connectivity index (χ1v) is 6.78. The van der Waals surface area contributed by atoms with E-state index in [1.54, 1.807) is 13.3 Å². The molecule has 0 aliphatic heterocycles. The number of rotatable bonds is 7. The third kappa shape index (κ3) is 3.88. The summed E-state index contributed by atoms with van der Waals surface area (Å²) in [5, 5.41) is 3.27. The molecule has 1 heterocycles. The fourth-order valence-electron chi connectivity index (χ4n) is 1.81. The van der Waals surface area contributed by atoms with Gasteiger partial charge in [0, 0.05) is 12.7 Å². The lowest BCUT2D eigenvalue weighted by Crippen LogP contribution is -2.02. The summed E-state index contributed by atoms with van der Waals surface area (Å²) >= 11 is 0. The molecule has 2 aromatic rings. The Morgan fingerprint density at radius 2 is 2.05 bits per heavy atom. The highest BCUT2D eigenvalue weighted by molar-refractivity contribution is 5.44. The summed E-state index contributed by atoms with van der Waals surface area (Å²) in [6.45, 7) is 3.47. The van der Waals surface area contributed by atoms with Crippen LogP contribution in [-0.2, 0) is 6.54 Å². The van der Waals surface area contributed by atoms with E-state index in [-0.39, 0.29) is 0 Å². The van der Waals surface area contributed by atoms with Gasteiger partial charge in [-0.15, -0.1) is 0 Å². The SMILES string of the molecule is CCCOc1ccc(CNc2ccccn2)cc1OC. The van der Waals surface area contributed by atoms with Gasteiger partial charge in [0.05, 0.1) is 13.7 Å². The fraction of sp³-hybridized carbons (Fsp3) is 0.312. The van der Waals surface area contributed by atoms with Gasteiger partial charge in [0.25, 0.3) is 0 Å². The van der Waals surface area contributed by atoms with Crippen LogP contribution in [0.2, 0.25) is 0 Å². The van der Waals surface area contributed by atoms with Gasteiger partial charge in [0.15, 0.2) is 11.5 Å². The minimum absolute atomic E-state index is 0.696. The quantitative estimate of drug-likeness (QED) is 0.838. The van der Waals surface area contributed by atoms with Crippen LogP contribution in [0, 0.1) is 0 Å². The molecule has 0 saturated heterocycles. The lowest BCUT2D eigenvalue weighted by Gasteiger charge is -2.12. The maximum atomic E-state index is 5.64. The number of methoxy groups -OCH3 is 1. The van der Waals surface area contributed by atoms with Gasteiger partial charge in [0.2, 0.25) is 0 Å². The molecular weight excluding hydrogens is 252 g/mol. The molecule has 0 atom stereocenters. The summed E-state index contributed by atoms with van der Waals surface area (Å²) in [5.74, 6) is 2.41. The van der Waals surface area contributed by atoms with Crippen molar-refractivity contribution in [1.29, 1.82) is 0 Å². The van der Waals surface area contributed by atoms with Crippen molar-refractivity contribution in [2.75, 3.05) is 19.0 Å². The zero-order valence-corrected chi connectivity index (χ0v) is 11.9. The van der Waals surface area contributed by atoms with E-state index in [1.807, 2.05) is 36.4 Å². The Hall–Kier alpha value is -2.23. The highest BCUT2D eigenvalue weighted by Crippen LogP contribution is 2.28. The van der Waals surface area contributed by atoms with Crippen molar-refractivity contribution in [3.05, 3.63) is 48.2 Å². The summed E-state index contributed by atoms with van der Waals surface area (Å²) in [7, 11) is 1.66. The van der Waals surface area contributed by atoms with Gasteiger partial charge in [-0.25, -0.2) is 4.98 Å². The molecular formula is C16H20N2O2. The maximum absolute atomic E-state index is 5.64. The first-order valence-electron chi connectivity index (χ1n) is 6.78. The Labute approximate surface area is 119 Å². The number of hydrogen-bond donors (Lipinski definition) is 1. The third-order valence-corrected chi connectivity index (χ3v) is 2.83. The van der Waals surface area contributed by atoms with Gasteiger partial charge in [-0.1, -0.05) is 19.1 Å². The maximum Gasteiger partial charge on any atom is 0.161 e. The summed E-state index contributed by atoms with van der Waals surface area (Å²) in [6.07, 6.45) is 2.75. The summed E-state index contributed by atoms with van der Waals surface area (Å²) < 4.78 is 11.0. The van der Waals surface area contributed by atoms with E-state index in [2.05, 4.69) is 17.2 Å². The molecule has 0 fully saturated rings. The Bertz CT molecular complexity index is 529. The van der Waals surface area contributed by atoms with Gasteiger partial charge in [-0.2, -0.15) is 0 Å². The molecule has 1 aromatic carbocycles. The van der Waals surface area contributed by atoms with Crippen LogP contribution in [0.25, 0.3) is 0 Å².